The van der Waals surface area contributed by atoms with Crippen molar-refractivity contribution in [1.82, 2.24) is 4.31 Å². The van der Waals surface area contributed by atoms with Gasteiger partial charge in [0.05, 0.1) is 5.69 Å². The van der Waals surface area contributed by atoms with Gasteiger partial charge in [-0.3, -0.25) is 9.52 Å². The lowest BCUT2D eigenvalue weighted by molar-refractivity contribution is -0.136. The second-order valence-corrected chi connectivity index (χ2v) is 5.91. The Kier molecular flexibility index (Phi) is 5.97. The van der Waals surface area contributed by atoms with Gasteiger partial charge in [-0.25, -0.2) is 0 Å². The molecule has 6 nitrogen and oxygen atoms in total. The van der Waals surface area contributed by atoms with E-state index in [9.17, 15) is 13.2 Å². The summed E-state index contributed by atoms with van der Waals surface area (Å²) in [6, 6.07) is 6.83. The van der Waals surface area contributed by atoms with Crippen LogP contribution in [0.3, 0.4) is 0 Å². The molecular weight excluding hydrogens is 280 g/mol. The molecule has 1 rings (SSSR count). The molecule has 112 valence electrons. The molecule has 1 aromatic carbocycles. The number of hydrogen-bond acceptors (Lipinski definition) is 3. The van der Waals surface area contributed by atoms with Gasteiger partial charge in [-0.1, -0.05) is 32.0 Å². The highest BCUT2D eigenvalue weighted by Crippen LogP contribution is 2.19. The van der Waals surface area contributed by atoms with Crippen LogP contribution in [0.2, 0.25) is 0 Å². The van der Waals surface area contributed by atoms with E-state index in [2.05, 4.69) is 4.72 Å². The molecule has 0 aliphatic rings. The Hall–Kier alpha value is -1.60. The van der Waals surface area contributed by atoms with Crippen molar-refractivity contribution in [2.75, 3.05) is 17.8 Å². The van der Waals surface area contributed by atoms with Crippen LogP contribution in [0.25, 0.3) is 0 Å². The molecule has 0 heterocycles. The van der Waals surface area contributed by atoms with Crippen LogP contribution in [-0.4, -0.2) is 36.9 Å². The highest BCUT2D eigenvalue weighted by molar-refractivity contribution is 7.90. The molecular formula is C13H20N2O4S. The van der Waals surface area contributed by atoms with Crippen molar-refractivity contribution < 1.29 is 18.3 Å². The maximum Gasteiger partial charge on any atom is 0.303 e. The predicted molar refractivity (Wildman–Crippen MR) is 77.9 cm³/mol. The van der Waals surface area contributed by atoms with Gasteiger partial charge >= 0.3 is 16.2 Å². The number of aliphatic carboxylic acids is 1. The minimum absolute atomic E-state index is 0.0377. The Labute approximate surface area is 119 Å². The quantitative estimate of drug-likeness (QED) is 0.765. The number of para-hydroxylation sites is 1. The smallest absolute Gasteiger partial charge is 0.303 e. The molecule has 7 heteroatoms. The van der Waals surface area contributed by atoms with Crippen molar-refractivity contribution >= 4 is 21.9 Å². The molecule has 2 N–H and O–H groups in total. The van der Waals surface area contributed by atoms with Crippen molar-refractivity contribution in [2.45, 2.75) is 26.7 Å². The highest BCUT2D eigenvalue weighted by Gasteiger charge is 2.19. The van der Waals surface area contributed by atoms with E-state index >= 15 is 0 Å². The number of anilines is 1. The first-order chi connectivity index (χ1) is 9.40. The number of nitrogens with zero attached hydrogens (tertiary/aromatic N) is 1. The number of benzene rings is 1. The number of rotatable bonds is 8. The Balaban J connectivity index is 2.94. The van der Waals surface area contributed by atoms with Crippen LogP contribution in [0, 0.1) is 0 Å². The van der Waals surface area contributed by atoms with E-state index in [0.29, 0.717) is 24.3 Å². The molecule has 0 unspecified atom stereocenters. The van der Waals surface area contributed by atoms with Crippen LogP contribution >= 0.6 is 0 Å². The van der Waals surface area contributed by atoms with Gasteiger partial charge in [0.2, 0.25) is 0 Å². The molecule has 0 aliphatic heterocycles. The summed E-state index contributed by atoms with van der Waals surface area (Å²) < 4.78 is 28.1. The van der Waals surface area contributed by atoms with Crippen molar-refractivity contribution in [3.05, 3.63) is 29.8 Å². The van der Waals surface area contributed by atoms with Gasteiger partial charge in [0.25, 0.3) is 0 Å². The summed E-state index contributed by atoms with van der Waals surface area (Å²) in [4.78, 5) is 10.6. The first kappa shape index (κ1) is 16.5. The SMILES string of the molecule is CCN(CC)S(=O)(=O)Nc1ccccc1CCC(=O)O. The van der Waals surface area contributed by atoms with E-state index in [1.165, 1.54) is 4.31 Å². The number of carboxylic acids is 1. The van der Waals surface area contributed by atoms with E-state index in [4.69, 9.17) is 5.11 Å². The molecule has 0 saturated carbocycles. The monoisotopic (exact) mass is 300 g/mol. The summed E-state index contributed by atoms with van der Waals surface area (Å²) in [7, 11) is -3.60. The first-order valence-corrected chi connectivity index (χ1v) is 7.92. The average Bonchev–Trinajstić information content (AvgIpc) is 2.38. The van der Waals surface area contributed by atoms with Crippen LogP contribution in [0.5, 0.6) is 0 Å². The van der Waals surface area contributed by atoms with Crippen LogP contribution in [0.1, 0.15) is 25.8 Å². The Morgan fingerprint density at radius 2 is 1.85 bits per heavy atom. The first-order valence-electron chi connectivity index (χ1n) is 6.48. The zero-order chi connectivity index (χ0) is 15.2. The van der Waals surface area contributed by atoms with Crippen LogP contribution in [0.4, 0.5) is 5.69 Å². The second-order valence-electron chi connectivity index (χ2n) is 4.24. The minimum atomic E-state index is -3.60. The van der Waals surface area contributed by atoms with Gasteiger partial charge in [0, 0.05) is 19.5 Å². The summed E-state index contributed by atoms with van der Waals surface area (Å²) in [5.74, 6) is -0.911. The third-order valence-electron chi connectivity index (χ3n) is 2.91. The van der Waals surface area contributed by atoms with Crippen molar-refractivity contribution in [1.29, 1.82) is 0 Å². The highest BCUT2D eigenvalue weighted by atomic mass is 32.2. The summed E-state index contributed by atoms with van der Waals surface area (Å²) in [6.07, 6.45) is 0.246. The maximum absolute atomic E-state index is 12.2. The molecule has 0 bridgehead atoms. The van der Waals surface area contributed by atoms with Gasteiger partial charge in [-0.05, 0) is 18.1 Å². The summed E-state index contributed by atoms with van der Waals surface area (Å²) >= 11 is 0. The lowest BCUT2D eigenvalue weighted by atomic mass is 10.1. The minimum Gasteiger partial charge on any atom is -0.481 e. The summed E-state index contributed by atoms with van der Waals surface area (Å²) in [5, 5.41) is 8.72. The van der Waals surface area contributed by atoms with Crippen molar-refractivity contribution in [3.63, 3.8) is 0 Å². The largest absolute Gasteiger partial charge is 0.481 e. The Morgan fingerprint density at radius 1 is 1.25 bits per heavy atom. The van der Waals surface area contributed by atoms with Crippen molar-refractivity contribution in [3.8, 4) is 0 Å². The van der Waals surface area contributed by atoms with Gasteiger partial charge in [-0.2, -0.15) is 12.7 Å². The molecule has 1 aromatic rings. The van der Waals surface area contributed by atoms with Gasteiger partial charge in [-0.15, -0.1) is 0 Å². The van der Waals surface area contributed by atoms with Gasteiger partial charge in [0.1, 0.15) is 0 Å². The standard InChI is InChI=1S/C13H20N2O4S/c1-3-15(4-2)20(18,19)14-12-8-6-5-7-11(12)9-10-13(16)17/h5-8,14H,3-4,9-10H2,1-2H3,(H,16,17). The molecule has 20 heavy (non-hydrogen) atoms. The van der Waals surface area contributed by atoms with Crippen LogP contribution < -0.4 is 4.72 Å². The lowest BCUT2D eigenvalue weighted by Crippen LogP contribution is -2.35. The van der Waals surface area contributed by atoms with Crippen LogP contribution in [-0.2, 0) is 21.4 Å². The number of carboxylic acid groups (broad SMARTS) is 1. The summed E-state index contributed by atoms with van der Waals surface area (Å²) in [6.45, 7) is 4.28. The molecule has 0 saturated heterocycles. The fraction of sp³-hybridized carbons (Fsp3) is 0.462. The lowest BCUT2D eigenvalue weighted by Gasteiger charge is -2.20. The molecule has 0 aromatic heterocycles. The molecule has 0 spiro atoms. The zero-order valence-electron chi connectivity index (χ0n) is 11.7. The summed E-state index contributed by atoms with van der Waals surface area (Å²) in [5.41, 5.74) is 1.10. The molecule has 0 aliphatic carbocycles. The van der Waals surface area contributed by atoms with Crippen molar-refractivity contribution in [2.24, 2.45) is 0 Å². The molecule has 0 radical (unpaired) electrons. The fourth-order valence-electron chi connectivity index (χ4n) is 1.85. The van der Waals surface area contributed by atoms with Gasteiger partial charge < -0.3 is 5.11 Å². The van der Waals surface area contributed by atoms with E-state index in [1.54, 1.807) is 38.1 Å². The molecule has 0 amide bonds. The second kappa shape index (κ2) is 7.25. The topological polar surface area (TPSA) is 86.7 Å². The number of carbonyl (C=O) groups is 1. The normalized spacial score (nSPS) is 11.6. The molecule has 0 fully saturated rings. The number of hydrogen-bond donors (Lipinski definition) is 2. The molecule has 0 atom stereocenters. The Bertz CT molecular complexity index is 553. The zero-order valence-corrected chi connectivity index (χ0v) is 12.5. The predicted octanol–water partition coefficient (Wildman–Crippen LogP) is 1.70. The van der Waals surface area contributed by atoms with Crippen LogP contribution in [0.15, 0.2) is 24.3 Å². The third kappa shape index (κ3) is 4.50. The Morgan fingerprint density at radius 3 is 2.40 bits per heavy atom. The maximum atomic E-state index is 12.2. The number of nitrogens with one attached hydrogen (secondary N) is 1. The van der Waals surface area contributed by atoms with E-state index < -0.39 is 16.2 Å². The number of aryl methyl sites for hydroxylation is 1. The van der Waals surface area contributed by atoms with Gasteiger partial charge in [0.15, 0.2) is 0 Å². The van der Waals surface area contributed by atoms with E-state index in [-0.39, 0.29) is 12.8 Å². The third-order valence-corrected chi connectivity index (χ3v) is 4.58. The fourth-order valence-corrected chi connectivity index (χ4v) is 3.13. The van der Waals surface area contributed by atoms with E-state index in [1.807, 2.05) is 0 Å². The average molecular weight is 300 g/mol. The van der Waals surface area contributed by atoms with E-state index in [0.717, 1.165) is 0 Å².